The Morgan fingerprint density at radius 1 is 0.875 bits per heavy atom. The maximum atomic E-state index is 13.1. The lowest BCUT2D eigenvalue weighted by atomic mass is 9.97. The van der Waals surface area contributed by atoms with E-state index in [1.807, 2.05) is 0 Å². The maximum Gasteiger partial charge on any atom is 0.473 e. The first kappa shape index (κ1) is 22.6. The number of rotatable bonds is 7. The van der Waals surface area contributed by atoms with Crippen molar-refractivity contribution in [2.24, 2.45) is 0 Å². The number of esters is 1. The smallest absolute Gasteiger partial charge is 0.396 e. The van der Waals surface area contributed by atoms with E-state index in [2.05, 4.69) is 4.74 Å². The Hall–Kier alpha value is -1.37. The van der Waals surface area contributed by atoms with E-state index < -0.39 is 55.0 Å². The zero-order valence-corrected chi connectivity index (χ0v) is 11.3. The van der Waals surface area contributed by atoms with Gasteiger partial charge < -0.3 is 4.74 Å². The molecule has 0 aromatic carbocycles. The number of carbonyl (C=O) groups excluding carboxylic acids is 1. The van der Waals surface area contributed by atoms with E-state index in [1.165, 1.54) is 0 Å². The fraction of sp³-hybridized carbons (Fsp3) is 0.900. The molecule has 0 saturated carbocycles. The van der Waals surface area contributed by atoms with Gasteiger partial charge in [-0.1, -0.05) is 6.92 Å². The third-order valence-electron chi connectivity index (χ3n) is 2.51. The molecular formula is C10H8F12O2. The van der Waals surface area contributed by atoms with Crippen LogP contribution in [0.25, 0.3) is 0 Å². The SMILES string of the molecule is CCC(=O)OC(F)(F)C(F)(F)C(F)(F)C(F)(F)C(F)CC(F)(F)F. The summed E-state index contributed by atoms with van der Waals surface area (Å²) >= 11 is 0. The van der Waals surface area contributed by atoms with Gasteiger partial charge in [-0.2, -0.15) is 48.3 Å². The Balaban J connectivity index is 5.77. The van der Waals surface area contributed by atoms with Crippen LogP contribution in [0.15, 0.2) is 0 Å². The van der Waals surface area contributed by atoms with Crippen molar-refractivity contribution in [1.29, 1.82) is 0 Å². The van der Waals surface area contributed by atoms with Crippen LogP contribution in [0.2, 0.25) is 0 Å². The molecule has 0 aliphatic carbocycles. The normalized spacial score (nSPS) is 16.0. The van der Waals surface area contributed by atoms with E-state index in [1.54, 1.807) is 0 Å². The summed E-state index contributed by atoms with van der Waals surface area (Å²) < 4.78 is 155. The van der Waals surface area contributed by atoms with Gasteiger partial charge >= 0.3 is 36.0 Å². The number of hydrogen-bond acceptors (Lipinski definition) is 2. The van der Waals surface area contributed by atoms with E-state index in [0.717, 1.165) is 6.92 Å². The summed E-state index contributed by atoms with van der Waals surface area (Å²) in [6.07, 6.45) is -21.7. The molecule has 2 nitrogen and oxygen atoms in total. The van der Waals surface area contributed by atoms with E-state index >= 15 is 0 Å². The van der Waals surface area contributed by atoms with Crippen LogP contribution in [0.3, 0.4) is 0 Å². The molecule has 0 aromatic rings. The van der Waals surface area contributed by atoms with Gasteiger partial charge in [0.1, 0.15) is 0 Å². The van der Waals surface area contributed by atoms with Crippen molar-refractivity contribution >= 4 is 5.97 Å². The molecular weight excluding hydrogens is 380 g/mol. The van der Waals surface area contributed by atoms with Crippen molar-refractivity contribution in [1.82, 2.24) is 0 Å². The van der Waals surface area contributed by atoms with Gasteiger partial charge in [0.15, 0.2) is 6.17 Å². The molecule has 1 unspecified atom stereocenters. The van der Waals surface area contributed by atoms with Crippen molar-refractivity contribution < 1.29 is 62.2 Å². The molecule has 0 saturated heterocycles. The van der Waals surface area contributed by atoms with Crippen molar-refractivity contribution in [2.45, 2.75) is 56.0 Å². The lowest BCUT2D eigenvalue weighted by Crippen LogP contribution is -2.65. The van der Waals surface area contributed by atoms with E-state index in [4.69, 9.17) is 0 Å². The Labute approximate surface area is 125 Å². The zero-order chi connectivity index (χ0) is 19.8. The molecule has 24 heavy (non-hydrogen) atoms. The lowest BCUT2D eigenvalue weighted by Gasteiger charge is -2.36. The highest BCUT2D eigenvalue weighted by Crippen LogP contribution is 2.55. The number of halogens is 12. The second-order valence-corrected chi connectivity index (χ2v) is 4.40. The van der Waals surface area contributed by atoms with Gasteiger partial charge in [0.25, 0.3) is 0 Å². The van der Waals surface area contributed by atoms with Gasteiger partial charge in [-0.15, -0.1) is 0 Å². The first-order valence-corrected chi connectivity index (χ1v) is 5.77. The fourth-order valence-corrected chi connectivity index (χ4v) is 1.20. The first-order valence-electron chi connectivity index (χ1n) is 5.77. The van der Waals surface area contributed by atoms with Crippen molar-refractivity contribution in [3.05, 3.63) is 0 Å². The predicted octanol–water partition coefficient (Wildman–Crippen LogP) is 4.73. The molecule has 1 atom stereocenters. The maximum absolute atomic E-state index is 13.1. The molecule has 14 heteroatoms. The van der Waals surface area contributed by atoms with Crippen LogP contribution in [-0.2, 0) is 9.53 Å². The molecule has 0 aliphatic heterocycles. The van der Waals surface area contributed by atoms with E-state index in [9.17, 15) is 57.5 Å². The Bertz CT molecular complexity index is 455. The summed E-state index contributed by atoms with van der Waals surface area (Å²) in [6, 6.07) is 0. The fourth-order valence-electron chi connectivity index (χ4n) is 1.20. The molecule has 0 spiro atoms. The molecule has 0 amide bonds. The second kappa shape index (κ2) is 6.50. The highest BCUT2D eigenvalue weighted by molar-refractivity contribution is 5.69. The number of ether oxygens (including phenoxy) is 1. The summed E-state index contributed by atoms with van der Waals surface area (Å²) in [5.41, 5.74) is 0. The van der Waals surface area contributed by atoms with Gasteiger partial charge in [0.05, 0.1) is 6.42 Å². The summed E-state index contributed by atoms with van der Waals surface area (Å²) in [5.74, 6) is -23.6. The van der Waals surface area contributed by atoms with Crippen molar-refractivity contribution in [2.75, 3.05) is 0 Å². The van der Waals surface area contributed by atoms with Crippen LogP contribution in [0.5, 0.6) is 0 Å². The molecule has 0 aromatic heterocycles. The third-order valence-corrected chi connectivity index (χ3v) is 2.51. The average molecular weight is 388 g/mol. The Kier molecular flexibility index (Phi) is 6.13. The highest BCUT2D eigenvalue weighted by atomic mass is 19.4. The average Bonchev–Trinajstić information content (AvgIpc) is 2.35. The van der Waals surface area contributed by atoms with Crippen molar-refractivity contribution in [3.8, 4) is 0 Å². The topological polar surface area (TPSA) is 26.3 Å². The lowest BCUT2D eigenvalue weighted by molar-refractivity contribution is -0.423. The number of carbonyl (C=O) groups is 1. The summed E-state index contributed by atoms with van der Waals surface area (Å²) in [6.45, 7) is 0.754. The minimum Gasteiger partial charge on any atom is -0.396 e. The standard InChI is InChI=1S/C10H8F12O2/c1-2-5(23)24-10(21,22)9(19,20)8(17,18)7(15,16)4(11)3-6(12,13)14/h4H,2-3H2,1H3. The Morgan fingerprint density at radius 3 is 1.62 bits per heavy atom. The van der Waals surface area contributed by atoms with E-state index in [0.29, 0.717) is 0 Å². The molecule has 0 bridgehead atoms. The Morgan fingerprint density at radius 2 is 1.29 bits per heavy atom. The van der Waals surface area contributed by atoms with Crippen molar-refractivity contribution in [3.63, 3.8) is 0 Å². The van der Waals surface area contributed by atoms with Crippen LogP contribution in [0.1, 0.15) is 19.8 Å². The van der Waals surface area contributed by atoms with Crippen LogP contribution >= 0.6 is 0 Å². The molecule has 0 heterocycles. The molecule has 144 valence electrons. The van der Waals surface area contributed by atoms with Gasteiger partial charge in [-0.3, -0.25) is 4.79 Å². The minimum atomic E-state index is -7.32. The predicted molar refractivity (Wildman–Crippen MR) is 51.7 cm³/mol. The van der Waals surface area contributed by atoms with Crippen LogP contribution in [-0.4, -0.2) is 42.2 Å². The van der Waals surface area contributed by atoms with Gasteiger partial charge in [-0.25, -0.2) is 4.39 Å². The molecule has 0 radical (unpaired) electrons. The summed E-state index contributed by atoms with van der Waals surface area (Å²) in [5, 5.41) is 0. The second-order valence-electron chi connectivity index (χ2n) is 4.40. The van der Waals surface area contributed by atoms with Gasteiger partial charge in [-0.05, 0) is 0 Å². The zero-order valence-electron chi connectivity index (χ0n) is 11.3. The third kappa shape index (κ3) is 4.18. The number of alkyl halides is 12. The number of hydrogen-bond donors (Lipinski definition) is 0. The van der Waals surface area contributed by atoms with Crippen LogP contribution in [0, 0.1) is 0 Å². The summed E-state index contributed by atoms with van der Waals surface area (Å²) in [7, 11) is 0. The first-order chi connectivity index (χ1) is 10.3. The highest BCUT2D eigenvalue weighted by Gasteiger charge is 2.84. The molecule has 0 aliphatic rings. The van der Waals surface area contributed by atoms with E-state index in [-0.39, 0.29) is 0 Å². The monoisotopic (exact) mass is 388 g/mol. The van der Waals surface area contributed by atoms with Crippen LogP contribution < -0.4 is 0 Å². The molecule has 0 N–H and O–H groups in total. The molecule has 0 rings (SSSR count). The minimum absolute atomic E-state index is 0.754. The van der Waals surface area contributed by atoms with Gasteiger partial charge in [0.2, 0.25) is 0 Å². The van der Waals surface area contributed by atoms with Gasteiger partial charge in [0, 0.05) is 6.42 Å². The molecule has 0 fully saturated rings. The largest absolute Gasteiger partial charge is 0.473 e. The quantitative estimate of drug-likeness (QED) is 0.466. The van der Waals surface area contributed by atoms with Crippen LogP contribution in [0.4, 0.5) is 52.7 Å². The summed E-state index contributed by atoms with van der Waals surface area (Å²) in [4.78, 5) is 10.5.